The third-order valence-corrected chi connectivity index (χ3v) is 3.23. The highest BCUT2D eigenvalue weighted by Crippen LogP contribution is 2.20. The molecule has 0 aliphatic heterocycles. The lowest BCUT2D eigenvalue weighted by molar-refractivity contribution is 0.415. The average Bonchev–Trinajstić information content (AvgIpc) is 3.04. The number of tetrazole rings is 1. The predicted octanol–water partition coefficient (Wildman–Crippen LogP) is 2.27. The van der Waals surface area contributed by atoms with Crippen LogP contribution in [0.15, 0.2) is 48.5 Å². The van der Waals surface area contributed by atoms with Gasteiger partial charge in [0.25, 0.3) is 0 Å². The molecule has 0 bridgehead atoms. The van der Waals surface area contributed by atoms with E-state index in [-0.39, 0.29) is 0 Å². The van der Waals surface area contributed by atoms with Crippen LogP contribution in [0.3, 0.4) is 0 Å². The van der Waals surface area contributed by atoms with Gasteiger partial charge in [-0.2, -0.15) is 10.1 Å². The summed E-state index contributed by atoms with van der Waals surface area (Å²) in [6, 6.07) is 17.0. The number of rotatable bonds is 4. The summed E-state index contributed by atoms with van der Waals surface area (Å²) < 4.78 is 5.19. The van der Waals surface area contributed by atoms with E-state index in [1.807, 2.05) is 42.5 Å². The van der Waals surface area contributed by atoms with E-state index in [9.17, 15) is 0 Å². The number of ether oxygens (including phenoxy) is 1. The van der Waals surface area contributed by atoms with Crippen molar-refractivity contribution in [3.8, 4) is 23.2 Å². The van der Waals surface area contributed by atoms with E-state index in [0.29, 0.717) is 17.9 Å². The van der Waals surface area contributed by atoms with E-state index in [4.69, 9.17) is 10.00 Å². The fraction of sp³-hybridized carbons (Fsp3) is 0.125. The van der Waals surface area contributed by atoms with Crippen molar-refractivity contribution in [3.05, 3.63) is 59.7 Å². The number of aromatic nitrogens is 4. The molecule has 0 fully saturated rings. The summed E-state index contributed by atoms with van der Waals surface area (Å²) in [5, 5.41) is 21.6. The summed E-state index contributed by atoms with van der Waals surface area (Å²) >= 11 is 0. The van der Waals surface area contributed by atoms with Crippen LogP contribution in [0.5, 0.6) is 5.75 Å². The van der Waals surface area contributed by atoms with Crippen LogP contribution in [-0.2, 0) is 6.54 Å². The second kappa shape index (κ2) is 6.06. The van der Waals surface area contributed by atoms with E-state index < -0.39 is 0 Å². The normalized spacial score (nSPS) is 10.2. The van der Waals surface area contributed by atoms with Crippen molar-refractivity contribution in [2.45, 2.75) is 6.54 Å². The zero-order valence-electron chi connectivity index (χ0n) is 12.0. The molecule has 0 atom stereocenters. The summed E-state index contributed by atoms with van der Waals surface area (Å²) in [4.78, 5) is 1.48. The second-order valence-corrected chi connectivity index (χ2v) is 4.64. The van der Waals surface area contributed by atoms with Crippen LogP contribution in [0, 0.1) is 11.3 Å². The molecule has 0 saturated heterocycles. The third kappa shape index (κ3) is 2.79. The summed E-state index contributed by atoms with van der Waals surface area (Å²) in [6.45, 7) is 0.403. The highest BCUT2D eigenvalue weighted by Gasteiger charge is 2.09. The molecule has 3 rings (SSSR count). The molecular weight excluding hydrogens is 278 g/mol. The lowest BCUT2D eigenvalue weighted by Crippen LogP contribution is -2.05. The lowest BCUT2D eigenvalue weighted by Gasteiger charge is -2.02. The molecule has 108 valence electrons. The lowest BCUT2D eigenvalue weighted by atomic mass is 10.1. The van der Waals surface area contributed by atoms with Gasteiger partial charge in [-0.05, 0) is 29.0 Å². The summed E-state index contributed by atoms with van der Waals surface area (Å²) in [6.07, 6.45) is 0. The molecule has 6 heteroatoms. The molecule has 0 saturated carbocycles. The number of methoxy groups -OCH3 is 1. The van der Waals surface area contributed by atoms with Crippen molar-refractivity contribution in [1.82, 2.24) is 20.2 Å². The molecule has 3 aromatic rings. The van der Waals surface area contributed by atoms with Gasteiger partial charge in [-0.15, -0.1) is 10.2 Å². The van der Waals surface area contributed by atoms with Crippen molar-refractivity contribution < 1.29 is 4.74 Å². The maximum absolute atomic E-state index is 9.11. The Morgan fingerprint density at radius 1 is 1.18 bits per heavy atom. The highest BCUT2D eigenvalue weighted by atomic mass is 16.5. The zero-order valence-corrected chi connectivity index (χ0v) is 12.0. The monoisotopic (exact) mass is 291 g/mol. The second-order valence-electron chi connectivity index (χ2n) is 4.64. The van der Waals surface area contributed by atoms with Crippen molar-refractivity contribution in [1.29, 1.82) is 5.26 Å². The van der Waals surface area contributed by atoms with Crippen LogP contribution in [-0.4, -0.2) is 27.3 Å². The molecule has 0 aliphatic rings. The Morgan fingerprint density at radius 2 is 2.05 bits per heavy atom. The van der Waals surface area contributed by atoms with Gasteiger partial charge in [0.1, 0.15) is 5.75 Å². The van der Waals surface area contributed by atoms with E-state index in [0.717, 1.165) is 16.9 Å². The van der Waals surface area contributed by atoms with Gasteiger partial charge < -0.3 is 4.74 Å². The van der Waals surface area contributed by atoms with Gasteiger partial charge in [0.15, 0.2) is 0 Å². The van der Waals surface area contributed by atoms with Gasteiger partial charge in [0, 0.05) is 5.56 Å². The van der Waals surface area contributed by atoms with Crippen LogP contribution in [0.25, 0.3) is 11.4 Å². The maximum atomic E-state index is 9.11. The minimum absolute atomic E-state index is 0.403. The smallest absolute Gasteiger partial charge is 0.205 e. The quantitative estimate of drug-likeness (QED) is 0.737. The van der Waals surface area contributed by atoms with E-state index in [1.165, 1.54) is 4.80 Å². The molecule has 22 heavy (non-hydrogen) atoms. The predicted molar refractivity (Wildman–Crippen MR) is 80.1 cm³/mol. The fourth-order valence-electron chi connectivity index (χ4n) is 2.11. The Balaban J connectivity index is 1.86. The van der Waals surface area contributed by atoms with E-state index in [1.54, 1.807) is 13.2 Å². The molecule has 0 amide bonds. The molecule has 6 nitrogen and oxygen atoms in total. The van der Waals surface area contributed by atoms with Crippen molar-refractivity contribution >= 4 is 0 Å². The summed E-state index contributed by atoms with van der Waals surface area (Å²) in [7, 11) is 1.61. The maximum Gasteiger partial charge on any atom is 0.205 e. The first kappa shape index (κ1) is 13.8. The molecule has 2 aromatic carbocycles. The van der Waals surface area contributed by atoms with Crippen molar-refractivity contribution in [3.63, 3.8) is 0 Å². The van der Waals surface area contributed by atoms with Gasteiger partial charge in [-0.3, -0.25) is 0 Å². The molecule has 0 radical (unpaired) electrons. The Morgan fingerprint density at radius 3 is 2.86 bits per heavy atom. The van der Waals surface area contributed by atoms with Crippen LogP contribution in [0.1, 0.15) is 11.1 Å². The largest absolute Gasteiger partial charge is 0.497 e. The number of hydrogen-bond acceptors (Lipinski definition) is 5. The number of benzene rings is 2. The molecule has 0 unspecified atom stereocenters. The van der Waals surface area contributed by atoms with Crippen molar-refractivity contribution in [2.75, 3.05) is 7.11 Å². The standard InChI is InChI=1S/C16H13N5O/c1-22-15-8-4-7-12(9-15)16-18-20-21(19-16)11-14-6-3-2-5-13(14)10-17/h2-9H,11H2,1H3. The first-order valence-electron chi connectivity index (χ1n) is 6.70. The van der Waals surface area contributed by atoms with Gasteiger partial charge in [0.2, 0.25) is 5.82 Å². The summed E-state index contributed by atoms with van der Waals surface area (Å²) in [5.41, 5.74) is 2.31. The first-order chi connectivity index (χ1) is 10.8. The van der Waals surface area contributed by atoms with E-state index in [2.05, 4.69) is 21.5 Å². The molecule has 0 spiro atoms. The van der Waals surface area contributed by atoms with Gasteiger partial charge in [-0.1, -0.05) is 30.3 Å². The first-order valence-corrected chi connectivity index (χ1v) is 6.70. The molecule has 0 N–H and O–H groups in total. The number of nitriles is 1. The molecule has 1 aromatic heterocycles. The molecule has 0 aliphatic carbocycles. The van der Waals surface area contributed by atoms with Crippen LogP contribution in [0.4, 0.5) is 0 Å². The third-order valence-electron chi connectivity index (χ3n) is 3.23. The summed E-state index contributed by atoms with van der Waals surface area (Å²) in [5.74, 6) is 1.26. The molecular formula is C16H13N5O. The van der Waals surface area contributed by atoms with Crippen molar-refractivity contribution in [2.24, 2.45) is 0 Å². The fourth-order valence-corrected chi connectivity index (χ4v) is 2.11. The number of hydrogen-bond donors (Lipinski definition) is 0. The van der Waals surface area contributed by atoms with Crippen LogP contribution in [0.2, 0.25) is 0 Å². The molecule has 1 heterocycles. The van der Waals surface area contributed by atoms with Gasteiger partial charge >= 0.3 is 0 Å². The Hall–Kier alpha value is -3.20. The minimum atomic E-state index is 0.403. The number of nitrogens with zero attached hydrogens (tertiary/aromatic N) is 5. The zero-order chi connectivity index (χ0) is 15.4. The Labute approximate surface area is 127 Å². The SMILES string of the molecule is COc1cccc(-c2nnn(Cc3ccccc3C#N)n2)c1. The highest BCUT2D eigenvalue weighted by molar-refractivity contribution is 5.56. The van der Waals surface area contributed by atoms with Crippen LogP contribution >= 0.6 is 0 Å². The average molecular weight is 291 g/mol. The Bertz CT molecular complexity index is 834. The minimum Gasteiger partial charge on any atom is -0.497 e. The van der Waals surface area contributed by atoms with Crippen LogP contribution < -0.4 is 4.74 Å². The van der Waals surface area contributed by atoms with E-state index >= 15 is 0 Å². The Kier molecular flexibility index (Phi) is 3.79. The topological polar surface area (TPSA) is 76.6 Å². The van der Waals surface area contributed by atoms with Gasteiger partial charge in [-0.25, -0.2) is 0 Å². The van der Waals surface area contributed by atoms with Gasteiger partial charge in [0.05, 0.1) is 25.3 Å².